The average Bonchev–Trinajstić information content (AvgIpc) is 2.47. The standard InChI is InChI=1S/C16H22Cl2N2O2/c1-3-4-5-9-19-16(22)8-10-20(12(2)21)15-11-13(17)6-7-14(15)18/h6-7,11H,3-5,8-10H2,1-2H3,(H,19,22). The molecule has 0 aromatic heterocycles. The van der Waals surface area contributed by atoms with Crippen LogP contribution in [-0.2, 0) is 9.59 Å². The second-order valence-electron chi connectivity index (χ2n) is 5.07. The van der Waals surface area contributed by atoms with E-state index in [1.807, 2.05) is 0 Å². The molecule has 1 aromatic carbocycles. The number of nitrogens with zero attached hydrogens (tertiary/aromatic N) is 1. The molecule has 4 nitrogen and oxygen atoms in total. The van der Waals surface area contributed by atoms with Gasteiger partial charge in [0, 0.05) is 31.5 Å². The number of anilines is 1. The Morgan fingerprint density at radius 3 is 2.59 bits per heavy atom. The molecule has 1 aromatic rings. The second-order valence-corrected chi connectivity index (χ2v) is 5.92. The van der Waals surface area contributed by atoms with Crippen LogP contribution in [0.1, 0.15) is 39.5 Å². The monoisotopic (exact) mass is 344 g/mol. The Hall–Kier alpha value is -1.26. The third kappa shape index (κ3) is 6.24. The number of amides is 2. The lowest BCUT2D eigenvalue weighted by molar-refractivity contribution is -0.121. The molecule has 0 fully saturated rings. The maximum absolute atomic E-state index is 11.8. The van der Waals surface area contributed by atoms with Gasteiger partial charge < -0.3 is 10.2 Å². The van der Waals surface area contributed by atoms with E-state index in [2.05, 4.69) is 12.2 Å². The number of halogens is 2. The Labute approximate surface area is 141 Å². The molecular formula is C16H22Cl2N2O2. The fourth-order valence-electron chi connectivity index (χ4n) is 2.04. The van der Waals surface area contributed by atoms with Gasteiger partial charge in [-0.15, -0.1) is 0 Å². The number of carbonyl (C=O) groups excluding carboxylic acids is 2. The van der Waals surface area contributed by atoms with Crippen LogP contribution in [0.3, 0.4) is 0 Å². The molecule has 0 aliphatic rings. The molecule has 0 bridgehead atoms. The topological polar surface area (TPSA) is 49.4 Å². The molecular weight excluding hydrogens is 323 g/mol. The van der Waals surface area contributed by atoms with Crippen molar-refractivity contribution in [3.05, 3.63) is 28.2 Å². The fraction of sp³-hybridized carbons (Fsp3) is 0.500. The lowest BCUT2D eigenvalue weighted by Gasteiger charge is -2.22. The van der Waals surface area contributed by atoms with Gasteiger partial charge in [-0.25, -0.2) is 0 Å². The van der Waals surface area contributed by atoms with Gasteiger partial charge >= 0.3 is 0 Å². The first kappa shape index (κ1) is 18.8. The lowest BCUT2D eigenvalue weighted by atomic mass is 10.2. The normalized spacial score (nSPS) is 10.4. The Kier molecular flexibility index (Phi) is 8.28. The highest BCUT2D eigenvalue weighted by Crippen LogP contribution is 2.29. The average molecular weight is 345 g/mol. The summed E-state index contributed by atoms with van der Waals surface area (Å²) in [5.74, 6) is -0.247. The first-order chi connectivity index (χ1) is 10.5. The van der Waals surface area contributed by atoms with Gasteiger partial charge in [0.15, 0.2) is 0 Å². The number of benzene rings is 1. The fourth-order valence-corrected chi connectivity index (χ4v) is 2.43. The highest BCUT2D eigenvalue weighted by molar-refractivity contribution is 6.35. The zero-order valence-electron chi connectivity index (χ0n) is 13.0. The summed E-state index contributed by atoms with van der Waals surface area (Å²) in [6.07, 6.45) is 3.41. The molecule has 1 rings (SSSR count). The van der Waals surface area contributed by atoms with Crippen molar-refractivity contribution in [1.29, 1.82) is 0 Å². The van der Waals surface area contributed by atoms with E-state index in [9.17, 15) is 9.59 Å². The molecule has 0 saturated heterocycles. The minimum Gasteiger partial charge on any atom is -0.356 e. The highest BCUT2D eigenvalue weighted by atomic mass is 35.5. The molecule has 22 heavy (non-hydrogen) atoms. The van der Waals surface area contributed by atoms with Crippen molar-refractivity contribution in [2.24, 2.45) is 0 Å². The maximum atomic E-state index is 11.8. The Balaban J connectivity index is 2.60. The minimum atomic E-state index is -0.178. The number of rotatable bonds is 8. The van der Waals surface area contributed by atoms with Crippen LogP contribution < -0.4 is 10.2 Å². The molecule has 0 radical (unpaired) electrons. The van der Waals surface area contributed by atoms with E-state index in [1.165, 1.54) is 11.8 Å². The number of nitrogens with one attached hydrogen (secondary N) is 1. The van der Waals surface area contributed by atoms with Crippen molar-refractivity contribution in [3.8, 4) is 0 Å². The Morgan fingerprint density at radius 2 is 1.95 bits per heavy atom. The summed E-state index contributed by atoms with van der Waals surface area (Å²) in [4.78, 5) is 25.1. The molecule has 2 amide bonds. The molecule has 6 heteroatoms. The van der Waals surface area contributed by atoms with Gasteiger partial charge in [-0.05, 0) is 24.6 Å². The second kappa shape index (κ2) is 9.70. The molecule has 122 valence electrons. The number of hydrogen-bond donors (Lipinski definition) is 1. The van der Waals surface area contributed by atoms with E-state index < -0.39 is 0 Å². The summed E-state index contributed by atoms with van der Waals surface area (Å²) in [6.45, 7) is 4.50. The molecule has 1 N–H and O–H groups in total. The SMILES string of the molecule is CCCCCNC(=O)CCN(C(C)=O)c1cc(Cl)ccc1Cl. The van der Waals surface area contributed by atoms with E-state index in [0.717, 1.165) is 19.3 Å². The summed E-state index contributed by atoms with van der Waals surface area (Å²) in [6, 6.07) is 4.93. The van der Waals surface area contributed by atoms with Crippen molar-refractivity contribution in [2.45, 2.75) is 39.5 Å². The summed E-state index contributed by atoms with van der Waals surface area (Å²) >= 11 is 12.1. The van der Waals surface area contributed by atoms with Crippen molar-refractivity contribution in [2.75, 3.05) is 18.0 Å². The molecule has 0 aliphatic carbocycles. The first-order valence-electron chi connectivity index (χ1n) is 7.45. The third-order valence-corrected chi connectivity index (χ3v) is 3.80. The summed E-state index contributed by atoms with van der Waals surface area (Å²) in [7, 11) is 0. The van der Waals surface area contributed by atoms with Gasteiger partial charge in [-0.3, -0.25) is 9.59 Å². The van der Waals surface area contributed by atoms with Crippen LogP contribution in [-0.4, -0.2) is 24.9 Å². The van der Waals surface area contributed by atoms with Crippen molar-refractivity contribution in [1.82, 2.24) is 5.32 Å². The Bertz CT molecular complexity index is 521. The van der Waals surface area contributed by atoms with Gasteiger partial charge in [-0.2, -0.15) is 0 Å². The van der Waals surface area contributed by atoms with E-state index in [1.54, 1.807) is 18.2 Å². The predicted molar refractivity (Wildman–Crippen MR) is 91.6 cm³/mol. The first-order valence-corrected chi connectivity index (χ1v) is 8.21. The van der Waals surface area contributed by atoms with Gasteiger partial charge in [0.25, 0.3) is 0 Å². The molecule has 0 atom stereocenters. The van der Waals surface area contributed by atoms with Gasteiger partial charge in [-0.1, -0.05) is 43.0 Å². The predicted octanol–water partition coefficient (Wildman–Crippen LogP) is 4.04. The minimum absolute atomic E-state index is 0.0690. The van der Waals surface area contributed by atoms with Crippen molar-refractivity contribution < 1.29 is 9.59 Å². The molecule has 0 saturated carbocycles. The maximum Gasteiger partial charge on any atom is 0.223 e. The van der Waals surface area contributed by atoms with Crippen molar-refractivity contribution in [3.63, 3.8) is 0 Å². The van der Waals surface area contributed by atoms with Gasteiger partial charge in [0.2, 0.25) is 11.8 Å². The van der Waals surface area contributed by atoms with E-state index in [0.29, 0.717) is 22.3 Å². The highest BCUT2D eigenvalue weighted by Gasteiger charge is 2.16. The lowest BCUT2D eigenvalue weighted by Crippen LogP contribution is -2.34. The summed E-state index contributed by atoms with van der Waals surface area (Å²) in [5, 5.41) is 3.78. The van der Waals surface area contributed by atoms with Crippen LogP contribution in [0.15, 0.2) is 18.2 Å². The zero-order chi connectivity index (χ0) is 16.5. The molecule has 0 heterocycles. The molecule has 0 unspecified atom stereocenters. The van der Waals surface area contributed by atoms with E-state index in [-0.39, 0.29) is 24.8 Å². The largest absolute Gasteiger partial charge is 0.356 e. The quantitative estimate of drug-likeness (QED) is 0.723. The summed E-state index contributed by atoms with van der Waals surface area (Å²) in [5.41, 5.74) is 0.528. The smallest absolute Gasteiger partial charge is 0.223 e. The van der Waals surface area contributed by atoms with Crippen LogP contribution in [0.5, 0.6) is 0 Å². The molecule has 0 spiro atoms. The third-order valence-electron chi connectivity index (χ3n) is 3.24. The van der Waals surface area contributed by atoms with Crippen LogP contribution in [0.4, 0.5) is 5.69 Å². The Morgan fingerprint density at radius 1 is 1.23 bits per heavy atom. The van der Waals surface area contributed by atoms with E-state index >= 15 is 0 Å². The van der Waals surface area contributed by atoms with Gasteiger partial charge in [0.05, 0.1) is 10.7 Å². The van der Waals surface area contributed by atoms with Crippen molar-refractivity contribution >= 4 is 40.7 Å². The van der Waals surface area contributed by atoms with E-state index in [4.69, 9.17) is 23.2 Å². The van der Waals surface area contributed by atoms with Crippen LogP contribution in [0.25, 0.3) is 0 Å². The van der Waals surface area contributed by atoms with Crippen LogP contribution in [0.2, 0.25) is 10.0 Å². The zero-order valence-corrected chi connectivity index (χ0v) is 14.5. The van der Waals surface area contributed by atoms with Crippen LogP contribution in [0, 0.1) is 0 Å². The van der Waals surface area contributed by atoms with Crippen LogP contribution >= 0.6 is 23.2 Å². The number of carbonyl (C=O) groups is 2. The molecule has 0 aliphatic heterocycles. The number of hydrogen-bond acceptors (Lipinski definition) is 2. The summed E-state index contributed by atoms with van der Waals surface area (Å²) < 4.78 is 0. The number of unbranched alkanes of at least 4 members (excludes halogenated alkanes) is 2. The van der Waals surface area contributed by atoms with Gasteiger partial charge in [0.1, 0.15) is 0 Å².